The lowest BCUT2D eigenvalue weighted by Crippen LogP contribution is -2.04. The summed E-state index contributed by atoms with van der Waals surface area (Å²) < 4.78 is 0. The maximum absolute atomic E-state index is 10.6. The van der Waals surface area contributed by atoms with Gasteiger partial charge in [0.15, 0.2) is 5.17 Å². The molecule has 0 atom stereocenters. The van der Waals surface area contributed by atoms with Gasteiger partial charge in [0, 0.05) is 17.4 Å². The van der Waals surface area contributed by atoms with Crippen molar-refractivity contribution in [2.75, 3.05) is 0 Å². The van der Waals surface area contributed by atoms with E-state index in [1.807, 2.05) is 0 Å². The van der Waals surface area contributed by atoms with Gasteiger partial charge in [-0.25, -0.2) is 0 Å². The molecule has 0 heterocycles. The number of benzene rings is 1. The normalized spacial score (nSPS) is 9.93. The van der Waals surface area contributed by atoms with Gasteiger partial charge in [0.05, 0.1) is 4.92 Å². The number of rotatable bonds is 3. The fraction of sp³-hybridized carbons (Fsp3) is 0.222. The van der Waals surface area contributed by atoms with E-state index in [-0.39, 0.29) is 10.9 Å². The Morgan fingerprint density at radius 2 is 2.33 bits per heavy atom. The summed E-state index contributed by atoms with van der Waals surface area (Å²) in [5, 5.41) is 17.7. The molecule has 1 rings (SSSR count). The Hall–Kier alpha value is -1.56. The summed E-state index contributed by atoms with van der Waals surface area (Å²) in [4.78, 5) is 10.2. The van der Waals surface area contributed by atoms with Crippen LogP contribution in [0, 0.1) is 22.4 Å². The molecular weight excluding hydrogens is 214 g/mol. The molecule has 1 aromatic carbocycles. The van der Waals surface area contributed by atoms with Gasteiger partial charge in [-0.2, -0.15) is 0 Å². The molecule has 0 spiro atoms. The van der Waals surface area contributed by atoms with Crippen LogP contribution < -0.4 is 5.73 Å². The number of nitrogens with one attached hydrogen (secondary N) is 1. The van der Waals surface area contributed by atoms with Gasteiger partial charge >= 0.3 is 0 Å². The molecule has 0 fully saturated rings. The number of thioether (sulfide) groups is 1. The van der Waals surface area contributed by atoms with E-state index >= 15 is 0 Å². The lowest BCUT2D eigenvalue weighted by molar-refractivity contribution is -0.385. The second-order valence-electron chi connectivity index (χ2n) is 2.97. The quantitative estimate of drug-likeness (QED) is 0.356. The summed E-state index contributed by atoms with van der Waals surface area (Å²) in [6.45, 7) is 1.70. The summed E-state index contributed by atoms with van der Waals surface area (Å²) in [7, 11) is 0. The molecule has 0 amide bonds. The van der Waals surface area contributed by atoms with Gasteiger partial charge in [0.25, 0.3) is 5.69 Å². The third kappa shape index (κ3) is 2.95. The van der Waals surface area contributed by atoms with Crippen LogP contribution in [0.4, 0.5) is 5.69 Å². The van der Waals surface area contributed by atoms with Crippen LogP contribution >= 0.6 is 11.8 Å². The summed E-state index contributed by atoms with van der Waals surface area (Å²) in [6.07, 6.45) is 0. The van der Waals surface area contributed by atoms with E-state index in [1.165, 1.54) is 6.07 Å². The highest BCUT2D eigenvalue weighted by atomic mass is 32.2. The first-order chi connectivity index (χ1) is 7.02. The van der Waals surface area contributed by atoms with Crippen LogP contribution in [0.5, 0.6) is 0 Å². The number of nitro groups is 1. The number of nitrogens with two attached hydrogens (primary N) is 1. The summed E-state index contributed by atoms with van der Waals surface area (Å²) in [5.74, 6) is 0.489. The topological polar surface area (TPSA) is 93.0 Å². The zero-order chi connectivity index (χ0) is 11.4. The van der Waals surface area contributed by atoms with Crippen LogP contribution in [-0.4, -0.2) is 10.1 Å². The Labute approximate surface area is 91.3 Å². The van der Waals surface area contributed by atoms with Crippen molar-refractivity contribution in [1.29, 1.82) is 5.41 Å². The molecule has 0 unspecified atom stereocenters. The predicted octanol–water partition coefficient (Wildman–Crippen LogP) is 2.03. The number of hydrogen-bond acceptors (Lipinski definition) is 4. The van der Waals surface area contributed by atoms with Crippen LogP contribution in [0.25, 0.3) is 0 Å². The molecule has 5 nitrogen and oxygen atoms in total. The first-order valence-electron chi connectivity index (χ1n) is 4.22. The molecule has 15 heavy (non-hydrogen) atoms. The van der Waals surface area contributed by atoms with E-state index in [4.69, 9.17) is 11.1 Å². The molecule has 0 aliphatic rings. The monoisotopic (exact) mass is 225 g/mol. The minimum absolute atomic E-state index is 0.0147. The minimum Gasteiger partial charge on any atom is -0.379 e. The summed E-state index contributed by atoms with van der Waals surface area (Å²) >= 11 is 1.16. The van der Waals surface area contributed by atoms with Crippen molar-refractivity contribution in [2.24, 2.45) is 5.73 Å². The van der Waals surface area contributed by atoms with Crippen LogP contribution in [-0.2, 0) is 5.75 Å². The van der Waals surface area contributed by atoms with Crippen molar-refractivity contribution in [3.8, 4) is 0 Å². The smallest absolute Gasteiger partial charge is 0.272 e. The van der Waals surface area contributed by atoms with Crippen molar-refractivity contribution in [2.45, 2.75) is 12.7 Å². The van der Waals surface area contributed by atoms with Gasteiger partial charge in [0.1, 0.15) is 0 Å². The minimum atomic E-state index is -0.405. The van der Waals surface area contributed by atoms with Gasteiger partial charge in [-0.15, -0.1) is 0 Å². The molecule has 80 valence electrons. The first kappa shape index (κ1) is 11.5. The van der Waals surface area contributed by atoms with E-state index in [0.717, 1.165) is 17.3 Å². The molecular formula is C9H11N3O2S. The molecule has 6 heteroatoms. The van der Waals surface area contributed by atoms with Crippen LogP contribution in [0.2, 0.25) is 0 Å². The standard InChI is InChI=1S/C9H11N3O2S/c1-6-7(5-15-9(10)11)3-2-4-8(6)12(13)14/h2-4H,5H2,1H3,(H3,10,11). The highest BCUT2D eigenvalue weighted by Gasteiger charge is 2.12. The van der Waals surface area contributed by atoms with Gasteiger partial charge in [-0.1, -0.05) is 23.9 Å². The lowest BCUT2D eigenvalue weighted by Gasteiger charge is -2.04. The fourth-order valence-electron chi connectivity index (χ4n) is 1.18. The molecule has 0 radical (unpaired) electrons. The number of hydrogen-bond donors (Lipinski definition) is 2. The maximum Gasteiger partial charge on any atom is 0.272 e. The SMILES string of the molecule is Cc1c(CSC(=N)N)cccc1[N+](=O)[O-]. The number of nitro benzene ring substituents is 1. The molecule has 0 saturated heterocycles. The number of nitrogens with zero attached hydrogens (tertiary/aromatic N) is 1. The van der Waals surface area contributed by atoms with Gasteiger partial charge in [0.2, 0.25) is 0 Å². The maximum atomic E-state index is 10.6. The molecule has 0 aliphatic heterocycles. The first-order valence-corrected chi connectivity index (χ1v) is 5.20. The summed E-state index contributed by atoms with van der Waals surface area (Å²) in [6, 6.07) is 4.91. The van der Waals surface area contributed by atoms with Gasteiger partial charge in [-0.05, 0) is 12.5 Å². The van der Waals surface area contributed by atoms with Gasteiger partial charge < -0.3 is 5.73 Å². The second kappa shape index (κ2) is 4.79. The fourth-order valence-corrected chi connectivity index (χ4v) is 1.80. The van der Waals surface area contributed by atoms with Crippen LogP contribution in [0.3, 0.4) is 0 Å². The third-order valence-corrected chi connectivity index (χ3v) is 2.76. The predicted molar refractivity (Wildman–Crippen MR) is 61.0 cm³/mol. The second-order valence-corrected chi connectivity index (χ2v) is 3.99. The van der Waals surface area contributed by atoms with Gasteiger partial charge in [-0.3, -0.25) is 15.5 Å². The lowest BCUT2D eigenvalue weighted by atomic mass is 10.1. The molecule has 0 saturated carbocycles. The molecule has 0 aliphatic carbocycles. The molecule has 0 bridgehead atoms. The third-order valence-electron chi connectivity index (χ3n) is 2.00. The van der Waals surface area contributed by atoms with E-state index < -0.39 is 4.92 Å². The summed E-state index contributed by atoms with van der Waals surface area (Å²) in [5.41, 5.74) is 6.78. The van der Waals surface area contributed by atoms with E-state index in [0.29, 0.717) is 11.3 Å². The largest absolute Gasteiger partial charge is 0.379 e. The van der Waals surface area contributed by atoms with E-state index in [1.54, 1.807) is 19.1 Å². The average molecular weight is 225 g/mol. The van der Waals surface area contributed by atoms with Crippen molar-refractivity contribution in [3.05, 3.63) is 39.4 Å². The van der Waals surface area contributed by atoms with Crippen molar-refractivity contribution >= 4 is 22.6 Å². The Kier molecular flexibility index (Phi) is 3.68. The Bertz CT molecular complexity index is 406. The van der Waals surface area contributed by atoms with Crippen molar-refractivity contribution < 1.29 is 4.92 Å². The number of amidine groups is 1. The average Bonchev–Trinajstić information content (AvgIpc) is 2.15. The van der Waals surface area contributed by atoms with Crippen molar-refractivity contribution in [3.63, 3.8) is 0 Å². The van der Waals surface area contributed by atoms with Crippen molar-refractivity contribution in [1.82, 2.24) is 0 Å². The van der Waals surface area contributed by atoms with E-state index in [2.05, 4.69) is 0 Å². The van der Waals surface area contributed by atoms with Crippen LogP contribution in [0.15, 0.2) is 18.2 Å². The Morgan fingerprint density at radius 3 is 2.87 bits per heavy atom. The highest BCUT2D eigenvalue weighted by molar-refractivity contribution is 8.13. The van der Waals surface area contributed by atoms with E-state index in [9.17, 15) is 10.1 Å². The Morgan fingerprint density at radius 1 is 1.67 bits per heavy atom. The molecule has 3 N–H and O–H groups in total. The Balaban J connectivity index is 2.94. The zero-order valence-corrected chi connectivity index (χ0v) is 9.00. The highest BCUT2D eigenvalue weighted by Crippen LogP contribution is 2.24. The molecule has 0 aromatic heterocycles. The van der Waals surface area contributed by atoms with Crippen LogP contribution in [0.1, 0.15) is 11.1 Å². The zero-order valence-electron chi connectivity index (χ0n) is 8.19. The molecule has 1 aromatic rings.